The second kappa shape index (κ2) is 6.73. The van der Waals surface area contributed by atoms with E-state index in [-0.39, 0.29) is 12.2 Å². The summed E-state index contributed by atoms with van der Waals surface area (Å²) in [6, 6.07) is 8.53. The minimum absolute atomic E-state index is 0.171. The van der Waals surface area contributed by atoms with Crippen molar-refractivity contribution >= 4 is 22.6 Å². The summed E-state index contributed by atoms with van der Waals surface area (Å²) in [5, 5.41) is 3.28. The Morgan fingerprint density at radius 1 is 1.39 bits per heavy atom. The van der Waals surface area contributed by atoms with Gasteiger partial charge in [-0.25, -0.2) is 0 Å². The van der Waals surface area contributed by atoms with E-state index in [0.717, 1.165) is 28.8 Å². The molecule has 1 N–H and O–H groups in total. The summed E-state index contributed by atoms with van der Waals surface area (Å²) in [4.78, 5) is 0. The number of hydrogen-bond acceptors (Lipinski definition) is 3. The number of nitrogens with one attached hydrogen (secondary N) is 1. The third-order valence-corrected chi connectivity index (χ3v) is 4.14. The Kier molecular flexibility index (Phi) is 5.26. The average molecular weight is 361 g/mol. The molecule has 18 heavy (non-hydrogen) atoms. The van der Waals surface area contributed by atoms with Crippen LogP contribution in [0.3, 0.4) is 0 Å². The predicted molar refractivity (Wildman–Crippen MR) is 81.1 cm³/mol. The molecule has 1 aromatic carbocycles. The molecule has 1 saturated carbocycles. The maximum atomic E-state index is 6.05. The maximum absolute atomic E-state index is 6.05. The molecule has 0 spiro atoms. The Hall–Kier alpha value is -0.330. The molecule has 3 nitrogen and oxygen atoms in total. The summed E-state index contributed by atoms with van der Waals surface area (Å²) in [6.07, 6.45) is 2.40. The molecule has 0 saturated heterocycles. The zero-order valence-corrected chi connectivity index (χ0v) is 13.0. The molecule has 1 aromatic rings. The number of ether oxygens (including phenoxy) is 2. The lowest BCUT2D eigenvalue weighted by atomic mass is 9.85. The Balaban J connectivity index is 1.95. The van der Waals surface area contributed by atoms with Crippen molar-refractivity contribution in [3.63, 3.8) is 0 Å². The highest BCUT2D eigenvalue weighted by atomic mass is 127. The Morgan fingerprint density at radius 2 is 2.17 bits per heavy atom. The van der Waals surface area contributed by atoms with E-state index in [9.17, 15) is 0 Å². The number of halogens is 1. The average Bonchev–Trinajstić information content (AvgIpc) is 2.36. The van der Waals surface area contributed by atoms with E-state index in [1.165, 1.54) is 0 Å². The molecular formula is C14H20INO2. The molecule has 0 aliphatic heterocycles. The second-order valence-electron chi connectivity index (χ2n) is 4.55. The van der Waals surface area contributed by atoms with Crippen LogP contribution in [0.25, 0.3) is 0 Å². The van der Waals surface area contributed by atoms with Crippen LogP contribution in [0.4, 0.5) is 0 Å². The third-order valence-electron chi connectivity index (χ3n) is 3.25. The first kappa shape index (κ1) is 14.1. The number of benzene rings is 1. The first-order valence-corrected chi connectivity index (χ1v) is 7.54. The SMILES string of the molecule is CCCOC1C(NC)CC1Oc1ccccc1I. The minimum atomic E-state index is 0.171. The van der Waals surface area contributed by atoms with Crippen LogP contribution in [0.2, 0.25) is 0 Å². The zero-order chi connectivity index (χ0) is 13.0. The number of para-hydroxylation sites is 1. The van der Waals surface area contributed by atoms with Gasteiger partial charge in [0.25, 0.3) is 0 Å². The van der Waals surface area contributed by atoms with Crippen LogP contribution in [-0.4, -0.2) is 31.9 Å². The van der Waals surface area contributed by atoms with Gasteiger partial charge >= 0.3 is 0 Å². The van der Waals surface area contributed by atoms with Gasteiger partial charge in [-0.05, 0) is 48.2 Å². The van der Waals surface area contributed by atoms with Crippen LogP contribution in [0, 0.1) is 3.57 Å². The van der Waals surface area contributed by atoms with E-state index in [2.05, 4.69) is 40.9 Å². The van der Waals surface area contributed by atoms with E-state index in [1.54, 1.807) is 0 Å². The van der Waals surface area contributed by atoms with Gasteiger partial charge in [0.05, 0.1) is 3.57 Å². The van der Waals surface area contributed by atoms with Crippen LogP contribution >= 0.6 is 22.6 Å². The van der Waals surface area contributed by atoms with Gasteiger partial charge in [-0.3, -0.25) is 0 Å². The summed E-state index contributed by atoms with van der Waals surface area (Å²) in [5.41, 5.74) is 0. The van der Waals surface area contributed by atoms with E-state index in [1.807, 2.05) is 25.2 Å². The molecule has 1 aliphatic carbocycles. The highest BCUT2D eigenvalue weighted by Gasteiger charge is 2.43. The van der Waals surface area contributed by atoms with Crippen LogP contribution in [-0.2, 0) is 4.74 Å². The van der Waals surface area contributed by atoms with Crippen LogP contribution in [0.1, 0.15) is 19.8 Å². The normalized spacial score (nSPS) is 26.7. The molecule has 0 heterocycles. The highest BCUT2D eigenvalue weighted by Crippen LogP contribution is 2.31. The highest BCUT2D eigenvalue weighted by molar-refractivity contribution is 14.1. The maximum Gasteiger partial charge on any atom is 0.133 e. The number of likely N-dealkylation sites (N-methyl/N-ethyl adjacent to an activating group) is 1. The quantitative estimate of drug-likeness (QED) is 0.791. The molecular weight excluding hydrogens is 341 g/mol. The summed E-state index contributed by atoms with van der Waals surface area (Å²) in [6.45, 7) is 2.93. The first-order valence-electron chi connectivity index (χ1n) is 6.46. The summed E-state index contributed by atoms with van der Waals surface area (Å²) >= 11 is 2.30. The lowest BCUT2D eigenvalue weighted by Crippen LogP contribution is -2.60. The van der Waals surface area contributed by atoms with Crippen molar-refractivity contribution in [1.82, 2.24) is 5.32 Å². The molecule has 0 aromatic heterocycles. The van der Waals surface area contributed by atoms with Gasteiger partial charge in [-0.1, -0.05) is 19.1 Å². The van der Waals surface area contributed by atoms with Crippen molar-refractivity contribution in [2.24, 2.45) is 0 Å². The molecule has 1 aliphatic rings. The molecule has 0 amide bonds. The third kappa shape index (κ3) is 3.16. The van der Waals surface area contributed by atoms with E-state index in [4.69, 9.17) is 9.47 Å². The number of rotatable bonds is 6. The van der Waals surface area contributed by atoms with Gasteiger partial charge < -0.3 is 14.8 Å². The summed E-state index contributed by atoms with van der Waals surface area (Å²) in [7, 11) is 1.98. The van der Waals surface area contributed by atoms with Gasteiger partial charge in [0, 0.05) is 19.1 Å². The molecule has 0 radical (unpaired) electrons. The van der Waals surface area contributed by atoms with E-state index < -0.39 is 0 Å². The van der Waals surface area contributed by atoms with Crippen molar-refractivity contribution in [3.05, 3.63) is 27.8 Å². The van der Waals surface area contributed by atoms with Crippen molar-refractivity contribution in [1.29, 1.82) is 0 Å². The molecule has 3 unspecified atom stereocenters. The fourth-order valence-corrected chi connectivity index (χ4v) is 2.67. The molecule has 2 rings (SSSR count). The smallest absolute Gasteiger partial charge is 0.133 e. The molecule has 3 atom stereocenters. The van der Waals surface area contributed by atoms with Crippen molar-refractivity contribution in [2.45, 2.75) is 38.0 Å². The Bertz CT molecular complexity index is 386. The second-order valence-corrected chi connectivity index (χ2v) is 5.72. The fraction of sp³-hybridized carbons (Fsp3) is 0.571. The molecule has 100 valence electrons. The van der Waals surface area contributed by atoms with Gasteiger partial charge in [-0.2, -0.15) is 0 Å². The monoisotopic (exact) mass is 361 g/mol. The predicted octanol–water partition coefficient (Wildman–Crippen LogP) is 2.83. The van der Waals surface area contributed by atoms with Crippen LogP contribution in [0.15, 0.2) is 24.3 Å². The molecule has 4 heteroatoms. The first-order chi connectivity index (χ1) is 8.76. The fourth-order valence-electron chi connectivity index (χ4n) is 2.16. The Morgan fingerprint density at radius 3 is 2.83 bits per heavy atom. The van der Waals surface area contributed by atoms with Crippen LogP contribution in [0.5, 0.6) is 5.75 Å². The summed E-state index contributed by atoms with van der Waals surface area (Å²) in [5.74, 6) is 0.961. The van der Waals surface area contributed by atoms with Crippen molar-refractivity contribution in [2.75, 3.05) is 13.7 Å². The largest absolute Gasteiger partial charge is 0.486 e. The molecule has 1 fully saturated rings. The topological polar surface area (TPSA) is 30.5 Å². The van der Waals surface area contributed by atoms with Crippen LogP contribution < -0.4 is 10.1 Å². The zero-order valence-electron chi connectivity index (χ0n) is 10.9. The van der Waals surface area contributed by atoms with Gasteiger partial charge in [0.2, 0.25) is 0 Å². The lowest BCUT2D eigenvalue weighted by molar-refractivity contribution is -0.106. The minimum Gasteiger partial charge on any atom is -0.486 e. The standard InChI is InChI=1S/C14H20INO2/c1-3-8-17-14-11(16-2)9-13(14)18-12-7-5-4-6-10(12)15/h4-7,11,13-14,16H,3,8-9H2,1-2H3. The lowest BCUT2D eigenvalue weighted by Gasteiger charge is -2.43. The van der Waals surface area contributed by atoms with Gasteiger partial charge in [0.15, 0.2) is 0 Å². The number of hydrogen-bond donors (Lipinski definition) is 1. The van der Waals surface area contributed by atoms with E-state index in [0.29, 0.717) is 6.04 Å². The molecule has 0 bridgehead atoms. The summed E-state index contributed by atoms with van der Waals surface area (Å²) < 4.78 is 13.1. The van der Waals surface area contributed by atoms with Crippen molar-refractivity contribution in [3.8, 4) is 5.75 Å². The Labute approximate surface area is 122 Å². The van der Waals surface area contributed by atoms with E-state index >= 15 is 0 Å². The van der Waals surface area contributed by atoms with Crippen molar-refractivity contribution < 1.29 is 9.47 Å². The van der Waals surface area contributed by atoms with Gasteiger partial charge in [-0.15, -0.1) is 0 Å². The van der Waals surface area contributed by atoms with Gasteiger partial charge in [0.1, 0.15) is 18.0 Å².